The van der Waals surface area contributed by atoms with E-state index in [9.17, 15) is 8.42 Å². The van der Waals surface area contributed by atoms with Crippen LogP contribution in [0, 0.1) is 0 Å². The van der Waals surface area contributed by atoms with Crippen molar-refractivity contribution in [1.82, 2.24) is 4.31 Å². The first-order valence-corrected chi connectivity index (χ1v) is 10.9. The normalized spacial score (nSPS) is 15.7. The van der Waals surface area contributed by atoms with Crippen LogP contribution in [0.15, 0.2) is 65.6 Å². The molecule has 3 aromatic carbocycles. The minimum Gasteiger partial charge on any atom is -0.497 e. The third-order valence-corrected chi connectivity index (χ3v) is 7.41. The fourth-order valence-corrected chi connectivity index (χ4v) is 5.42. The second kappa shape index (κ2) is 7.62. The van der Waals surface area contributed by atoms with Crippen LogP contribution in [-0.2, 0) is 10.0 Å². The summed E-state index contributed by atoms with van der Waals surface area (Å²) in [7, 11) is -1.96. The molecule has 146 valence electrons. The number of hydrogen-bond donors (Lipinski definition) is 0. The van der Waals surface area contributed by atoms with Crippen molar-refractivity contribution in [1.29, 1.82) is 0 Å². The van der Waals surface area contributed by atoms with Crippen LogP contribution in [-0.4, -0.2) is 46.0 Å². The number of piperazine rings is 1. The molecule has 28 heavy (non-hydrogen) atoms. The Hall–Kier alpha value is -2.28. The molecule has 4 rings (SSSR count). The molecular weight excluding hydrogens is 396 g/mol. The SMILES string of the molecule is COc1ccc(N2CCN(S(=O)(=O)c3ccc(Cl)c4ccccc34)CC2)cc1. The monoisotopic (exact) mass is 416 g/mol. The van der Waals surface area contributed by atoms with Crippen molar-refractivity contribution >= 4 is 38.1 Å². The number of methoxy groups -OCH3 is 1. The first-order chi connectivity index (χ1) is 13.5. The van der Waals surface area contributed by atoms with E-state index in [1.807, 2.05) is 48.5 Å². The van der Waals surface area contributed by atoms with E-state index >= 15 is 0 Å². The van der Waals surface area contributed by atoms with Crippen molar-refractivity contribution in [3.63, 3.8) is 0 Å². The molecule has 1 fully saturated rings. The largest absolute Gasteiger partial charge is 0.497 e. The number of nitrogens with zero attached hydrogens (tertiary/aromatic N) is 2. The summed E-state index contributed by atoms with van der Waals surface area (Å²) in [6.45, 7) is 2.14. The summed E-state index contributed by atoms with van der Waals surface area (Å²) in [5.41, 5.74) is 1.06. The molecule has 0 aromatic heterocycles. The molecule has 0 saturated carbocycles. The zero-order valence-corrected chi connectivity index (χ0v) is 17.1. The van der Waals surface area contributed by atoms with Gasteiger partial charge in [0, 0.05) is 47.7 Å². The molecule has 5 nitrogen and oxygen atoms in total. The number of benzene rings is 3. The van der Waals surface area contributed by atoms with Gasteiger partial charge in [0.2, 0.25) is 10.0 Å². The van der Waals surface area contributed by atoms with Gasteiger partial charge in [-0.2, -0.15) is 4.31 Å². The molecule has 0 N–H and O–H groups in total. The van der Waals surface area contributed by atoms with Crippen LogP contribution in [0.25, 0.3) is 10.8 Å². The lowest BCUT2D eigenvalue weighted by Gasteiger charge is -2.35. The van der Waals surface area contributed by atoms with Crippen molar-refractivity contribution in [3.05, 3.63) is 65.7 Å². The van der Waals surface area contributed by atoms with Gasteiger partial charge in [0.05, 0.1) is 12.0 Å². The molecule has 0 unspecified atom stereocenters. The van der Waals surface area contributed by atoms with Crippen LogP contribution in [0.1, 0.15) is 0 Å². The van der Waals surface area contributed by atoms with Gasteiger partial charge in [-0.25, -0.2) is 8.42 Å². The number of ether oxygens (including phenoxy) is 1. The minimum atomic E-state index is -3.59. The lowest BCUT2D eigenvalue weighted by atomic mass is 10.1. The molecule has 1 heterocycles. The van der Waals surface area contributed by atoms with Crippen molar-refractivity contribution in [3.8, 4) is 5.75 Å². The molecule has 0 amide bonds. The Morgan fingerprint density at radius 3 is 2.14 bits per heavy atom. The molecule has 0 radical (unpaired) electrons. The molecule has 7 heteroatoms. The summed E-state index contributed by atoms with van der Waals surface area (Å²) in [5, 5.41) is 1.97. The number of anilines is 1. The summed E-state index contributed by atoms with van der Waals surface area (Å²) in [6, 6.07) is 18.4. The molecule has 0 aliphatic carbocycles. The van der Waals surface area contributed by atoms with Crippen molar-refractivity contribution in [2.45, 2.75) is 4.90 Å². The smallest absolute Gasteiger partial charge is 0.243 e. The zero-order chi connectivity index (χ0) is 19.7. The maximum absolute atomic E-state index is 13.3. The number of fused-ring (bicyclic) bond motifs is 1. The Morgan fingerprint density at radius 1 is 0.857 bits per heavy atom. The average Bonchev–Trinajstić information content (AvgIpc) is 2.74. The van der Waals surface area contributed by atoms with Gasteiger partial charge in [0.25, 0.3) is 0 Å². The van der Waals surface area contributed by atoms with Gasteiger partial charge in [0.15, 0.2) is 0 Å². The molecule has 0 bridgehead atoms. The Bertz CT molecular complexity index is 1090. The number of hydrogen-bond acceptors (Lipinski definition) is 4. The highest BCUT2D eigenvalue weighted by atomic mass is 35.5. The highest BCUT2D eigenvalue weighted by Crippen LogP contribution is 2.31. The standard InChI is InChI=1S/C21H21ClN2O3S/c1-27-17-8-6-16(7-9-17)23-12-14-24(15-13-23)28(25,26)21-11-10-20(22)18-4-2-3-5-19(18)21/h2-11H,12-15H2,1H3. The molecule has 0 atom stereocenters. The first-order valence-electron chi connectivity index (χ1n) is 9.07. The van der Waals surface area contributed by atoms with E-state index in [0.29, 0.717) is 41.5 Å². The molecule has 1 saturated heterocycles. The predicted octanol–water partition coefficient (Wildman–Crippen LogP) is 4.01. The van der Waals surface area contributed by atoms with Crippen LogP contribution in [0.2, 0.25) is 5.02 Å². The molecule has 1 aliphatic heterocycles. The molecule has 3 aromatic rings. The van der Waals surface area contributed by atoms with Crippen LogP contribution in [0.3, 0.4) is 0 Å². The van der Waals surface area contributed by atoms with Gasteiger partial charge >= 0.3 is 0 Å². The van der Waals surface area contributed by atoms with Crippen LogP contribution in [0.5, 0.6) is 5.75 Å². The van der Waals surface area contributed by atoms with Gasteiger partial charge in [-0.15, -0.1) is 0 Å². The lowest BCUT2D eigenvalue weighted by Crippen LogP contribution is -2.48. The van der Waals surface area contributed by atoms with Gasteiger partial charge in [0.1, 0.15) is 5.75 Å². The zero-order valence-electron chi connectivity index (χ0n) is 15.5. The van der Waals surface area contributed by atoms with E-state index in [0.717, 1.165) is 16.8 Å². The number of rotatable bonds is 4. The Morgan fingerprint density at radius 2 is 1.50 bits per heavy atom. The highest BCUT2D eigenvalue weighted by Gasteiger charge is 2.30. The van der Waals surface area contributed by atoms with E-state index < -0.39 is 10.0 Å². The number of sulfonamides is 1. The van der Waals surface area contributed by atoms with Crippen molar-refractivity contribution in [2.24, 2.45) is 0 Å². The van der Waals surface area contributed by atoms with Gasteiger partial charge in [-0.05, 0) is 36.4 Å². The summed E-state index contributed by atoms with van der Waals surface area (Å²) in [4.78, 5) is 2.50. The van der Waals surface area contributed by atoms with E-state index in [1.54, 1.807) is 23.5 Å². The maximum atomic E-state index is 13.3. The van der Waals surface area contributed by atoms with Crippen LogP contribution < -0.4 is 9.64 Å². The lowest BCUT2D eigenvalue weighted by molar-refractivity contribution is 0.385. The second-order valence-corrected chi connectivity index (χ2v) is 8.99. The summed E-state index contributed by atoms with van der Waals surface area (Å²) in [5.74, 6) is 0.805. The second-order valence-electron chi connectivity index (χ2n) is 6.68. The summed E-state index contributed by atoms with van der Waals surface area (Å²) < 4.78 is 33.3. The number of halogens is 1. The third-order valence-electron chi connectivity index (χ3n) is 5.12. The predicted molar refractivity (Wildman–Crippen MR) is 113 cm³/mol. The van der Waals surface area contributed by atoms with E-state index in [4.69, 9.17) is 16.3 Å². The molecular formula is C21H21ClN2O3S. The highest BCUT2D eigenvalue weighted by molar-refractivity contribution is 7.89. The Kier molecular flexibility index (Phi) is 5.19. The van der Waals surface area contributed by atoms with E-state index in [-0.39, 0.29) is 0 Å². The van der Waals surface area contributed by atoms with Crippen molar-refractivity contribution in [2.75, 3.05) is 38.2 Å². The van der Waals surface area contributed by atoms with Gasteiger partial charge in [-0.1, -0.05) is 35.9 Å². The average molecular weight is 417 g/mol. The van der Waals surface area contributed by atoms with Gasteiger partial charge < -0.3 is 9.64 Å². The topological polar surface area (TPSA) is 49.9 Å². The molecule has 0 spiro atoms. The van der Waals surface area contributed by atoms with Gasteiger partial charge in [-0.3, -0.25) is 0 Å². The summed E-state index contributed by atoms with van der Waals surface area (Å²) in [6.07, 6.45) is 0. The first kappa shape index (κ1) is 19.1. The van der Waals surface area contributed by atoms with E-state index in [1.165, 1.54) is 0 Å². The minimum absolute atomic E-state index is 0.311. The van der Waals surface area contributed by atoms with E-state index in [2.05, 4.69) is 4.90 Å². The van der Waals surface area contributed by atoms with Crippen molar-refractivity contribution < 1.29 is 13.2 Å². The fourth-order valence-electron chi connectivity index (χ4n) is 3.58. The fraction of sp³-hybridized carbons (Fsp3) is 0.238. The third kappa shape index (κ3) is 3.43. The Labute approximate surface area is 170 Å². The maximum Gasteiger partial charge on any atom is 0.243 e. The molecule has 1 aliphatic rings. The Balaban J connectivity index is 1.56. The quantitative estimate of drug-likeness (QED) is 0.644. The van der Waals surface area contributed by atoms with Crippen LogP contribution in [0.4, 0.5) is 5.69 Å². The van der Waals surface area contributed by atoms with Crippen LogP contribution >= 0.6 is 11.6 Å². The summed E-state index contributed by atoms with van der Waals surface area (Å²) >= 11 is 6.25.